The first-order valence-electron chi connectivity index (χ1n) is 6.43. The molecule has 0 amide bonds. The highest BCUT2D eigenvalue weighted by Gasteiger charge is 2.24. The van der Waals surface area contributed by atoms with Gasteiger partial charge in [-0.05, 0) is 24.8 Å². The zero-order valence-electron chi connectivity index (χ0n) is 12.2. The minimum atomic E-state index is -3.77. The van der Waals surface area contributed by atoms with Crippen LogP contribution in [0.4, 0.5) is 0 Å². The predicted octanol–water partition coefficient (Wildman–Crippen LogP) is 2.26. The second-order valence-electron chi connectivity index (χ2n) is 4.44. The topological polar surface area (TPSA) is 75.6 Å². The van der Waals surface area contributed by atoms with Crippen molar-refractivity contribution in [2.45, 2.75) is 31.4 Å². The molecule has 2 N–H and O–H groups in total. The third-order valence-electron chi connectivity index (χ3n) is 2.69. The number of thioether (sulfide) groups is 1. The predicted molar refractivity (Wildman–Crippen MR) is 86.7 cm³/mol. The first-order valence-corrected chi connectivity index (χ1v) is 9.44. The first-order chi connectivity index (χ1) is 9.85. The van der Waals surface area contributed by atoms with Crippen LogP contribution in [0.1, 0.15) is 19.4 Å². The van der Waals surface area contributed by atoms with E-state index in [1.807, 2.05) is 6.92 Å². The number of benzene rings is 1. The molecule has 0 heterocycles. The van der Waals surface area contributed by atoms with Crippen molar-refractivity contribution in [2.24, 2.45) is 0 Å². The Morgan fingerprint density at radius 1 is 1.48 bits per heavy atom. The van der Waals surface area contributed by atoms with Gasteiger partial charge in [-0.25, -0.2) is 13.1 Å². The van der Waals surface area contributed by atoms with Gasteiger partial charge in [0.1, 0.15) is 10.6 Å². The van der Waals surface area contributed by atoms with Gasteiger partial charge in [0.15, 0.2) is 0 Å². The third kappa shape index (κ3) is 5.03. The maximum atomic E-state index is 12.5. The molecule has 0 aliphatic carbocycles. The molecule has 1 rings (SSSR count). The molecule has 0 saturated heterocycles. The SMILES string of the molecule is CCSCC(C)NS(=O)(=O)c1cc(Cl)cc(CO)c1OC. The molecule has 0 radical (unpaired) electrons. The van der Waals surface area contributed by atoms with Crippen LogP contribution in [-0.2, 0) is 16.6 Å². The van der Waals surface area contributed by atoms with Gasteiger partial charge in [0, 0.05) is 22.4 Å². The fourth-order valence-electron chi connectivity index (χ4n) is 1.83. The fraction of sp³-hybridized carbons (Fsp3) is 0.538. The molecule has 1 unspecified atom stereocenters. The van der Waals surface area contributed by atoms with Crippen molar-refractivity contribution in [3.8, 4) is 5.75 Å². The van der Waals surface area contributed by atoms with E-state index in [4.69, 9.17) is 16.3 Å². The zero-order chi connectivity index (χ0) is 16.0. The lowest BCUT2D eigenvalue weighted by Crippen LogP contribution is -2.34. The minimum absolute atomic E-state index is 0.0603. The lowest BCUT2D eigenvalue weighted by atomic mass is 10.2. The minimum Gasteiger partial charge on any atom is -0.495 e. The summed E-state index contributed by atoms with van der Waals surface area (Å²) in [5, 5.41) is 9.54. The van der Waals surface area contributed by atoms with Crippen molar-refractivity contribution in [1.29, 1.82) is 0 Å². The van der Waals surface area contributed by atoms with Crippen molar-refractivity contribution in [3.63, 3.8) is 0 Å². The van der Waals surface area contributed by atoms with Gasteiger partial charge in [-0.2, -0.15) is 11.8 Å². The molecule has 0 aliphatic rings. The summed E-state index contributed by atoms with van der Waals surface area (Å²) in [6.45, 7) is 3.46. The molecule has 0 fully saturated rings. The van der Waals surface area contributed by atoms with Gasteiger partial charge in [-0.3, -0.25) is 0 Å². The molecular formula is C13H20ClNO4S2. The van der Waals surface area contributed by atoms with E-state index < -0.39 is 10.0 Å². The molecule has 0 aromatic heterocycles. The Hall–Kier alpha value is -0.470. The van der Waals surface area contributed by atoms with Crippen molar-refractivity contribution in [2.75, 3.05) is 18.6 Å². The van der Waals surface area contributed by atoms with Crippen LogP contribution in [0.15, 0.2) is 17.0 Å². The third-order valence-corrected chi connectivity index (χ3v) is 5.65. The summed E-state index contributed by atoms with van der Waals surface area (Å²) >= 11 is 7.57. The Morgan fingerprint density at radius 3 is 2.67 bits per heavy atom. The molecule has 0 aliphatic heterocycles. The van der Waals surface area contributed by atoms with E-state index >= 15 is 0 Å². The summed E-state index contributed by atoms with van der Waals surface area (Å²) in [6.07, 6.45) is 0. The molecule has 21 heavy (non-hydrogen) atoms. The summed E-state index contributed by atoms with van der Waals surface area (Å²) in [5.74, 6) is 1.71. The summed E-state index contributed by atoms with van der Waals surface area (Å²) < 4.78 is 32.7. The largest absolute Gasteiger partial charge is 0.495 e. The maximum absolute atomic E-state index is 12.5. The second-order valence-corrected chi connectivity index (χ2v) is 7.87. The average Bonchev–Trinajstić information content (AvgIpc) is 2.43. The molecule has 0 bridgehead atoms. The highest BCUT2D eigenvalue weighted by atomic mass is 35.5. The molecule has 5 nitrogen and oxygen atoms in total. The van der Waals surface area contributed by atoms with Gasteiger partial charge in [0.25, 0.3) is 0 Å². The smallest absolute Gasteiger partial charge is 0.244 e. The van der Waals surface area contributed by atoms with Crippen LogP contribution >= 0.6 is 23.4 Å². The van der Waals surface area contributed by atoms with Crippen LogP contribution in [0.3, 0.4) is 0 Å². The average molecular weight is 354 g/mol. The number of hydrogen-bond acceptors (Lipinski definition) is 5. The standard InChI is InChI=1S/C13H20ClNO4S2/c1-4-20-8-9(2)15-21(17,18)12-6-11(14)5-10(7-16)13(12)19-3/h5-6,9,15-16H,4,7-8H2,1-3H3. The van der Waals surface area contributed by atoms with Crippen LogP contribution in [-0.4, -0.2) is 38.2 Å². The van der Waals surface area contributed by atoms with Crippen LogP contribution in [0, 0.1) is 0 Å². The Morgan fingerprint density at radius 2 is 2.14 bits per heavy atom. The molecular weight excluding hydrogens is 334 g/mol. The number of nitrogens with one attached hydrogen (secondary N) is 1. The number of aliphatic hydroxyl groups excluding tert-OH is 1. The maximum Gasteiger partial charge on any atom is 0.244 e. The molecule has 1 atom stereocenters. The van der Waals surface area contributed by atoms with Crippen molar-refractivity contribution in [3.05, 3.63) is 22.7 Å². The summed E-state index contributed by atoms with van der Waals surface area (Å²) in [6, 6.07) is 2.58. The lowest BCUT2D eigenvalue weighted by molar-refractivity contribution is 0.272. The zero-order valence-corrected chi connectivity index (χ0v) is 14.6. The highest BCUT2D eigenvalue weighted by molar-refractivity contribution is 7.99. The normalized spacial score (nSPS) is 13.2. The first kappa shape index (κ1) is 18.6. The van der Waals surface area contributed by atoms with Gasteiger partial charge < -0.3 is 9.84 Å². The number of methoxy groups -OCH3 is 1. The number of hydrogen-bond donors (Lipinski definition) is 2. The Bertz CT molecular complexity index is 578. The fourth-order valence-corrected chi connectivity index (χ4v) is 4.39. The number of aliphatic hydroxyl groups is 1. The van der Waals surface area contributed by atoms with E-state index in [9.17, 15) is 13.5 Å². The Kier molecular flexibility index (Phi) is 7.29. The highest BCUT2D eigenvalue weighted by Crippen LogP contribution is 2.32. The van der Waals surface area contributed by atoms with Gasteiger partial charge in [0.2, 0.25) is 10.0 Å². The Labute approximate surface area is 135 Å². The van der Waals surface area contributed by atoms with E-state index in [0.29, 0.717) is 11.3 Å². The monoisotopic (exact) mass is 353 g/mol. The van der Waals surface area contributed by atoms with Gasteiger partial charge >= 0.3 is 0 Å². The van der Waals surface area contributed by atoms with E-state index in [1.165, 1.54) is 19.2 Å². The van der Waals surface area contributed by atoms with E-state index in [0.717, 1.165) is 5.75 Å². The van der Waals surface area contributed by atoms with Crippen LogP contribution in [0.5, 0.6) is 5.75 Å². The quantitative estimate of drug-likeness (QED) is 0.749. The molecule has 1 aromatic rings. The van der Waals surface area contributed by atoms with Gasteiger partial charge in [0.05, 0.1) is 13.7 Å². The van der Waals surface area contributed by atoms with Crippen LogP contribution in [0.2, 0.25) is 5.02 Å². The summed E-state index contributed by atoms with van der Waals surface area (Å²) in [4.78, 5) is -0.0603. The van der Waals surface area contributed by atoms with Gasteiger partial charge in [-0.15, -0.1) is 0 Å². The number of halogens is 1. The molecule has 8 heteroatoms. The van der Waals surface area contributed by atoms with Crippen molar-refractivity contribution < 1.29 is 18.3 Å². The summed E-state index contributed by atoms with van der Waals surface area (Å²) in [7, 11) is -2.41. The molecule has 0 saturated carbocycles. The van der Waals surface area contributed by atoms with E-state index in [1.54, 1.807) is 18.7 Å². The molecule has 1 aromatic carbocycles. The van der Waals surface area contributed by atoms with Crippen molar-refractivity contribution in [1.82, 2.24) is 4.72 Å². The summed E-state index contributed by atoms with van der Waals surface area (Å²) in [5.41, 5.74) is 0.334. The van der Waals surface area contributed by atoms with E-state index in [-0.39, 0.29) is 28.3 Å². The van der Waals surface area contributed by atoms with Crippen molar-refractivity contribution >= 4 is 33.4 Å². The second kappa shape index (κ2) is 8.24. The Balaban J connectivity index is 3.15. The molecule has 120 valence electrons. The van der Waals surface area contributed by atoms with Crippen LogP contribution in [0.25, 0.3) is 0 Å². The number of ether oxygens (including phenoxy) is 1. The van der Waals surface area contributed by atoms with E-state index in [2.05, 4.69) is 4.72 Å². The number of rotatable bonds is 8. The molecule has 0 spiro atoms. The lowest BCUT2D eigenvalue weighted by Gasteiger charge is -2.17. The van der Waals surface area contributed by atoms with Crippen LogP contribution < -0.4 is 9.46 Å². The van der Waals surface area contributed by atoms with Gasteiger partial charge in [-0.1, -0.05) is 18.5 Å². The number of sulfonamides is 1.